The summed E-state index contributed by atoms with van der Waals surface area (Å²) >= 11 is 0. The standard InChI is InChI=1S/C12H25NO3/c1-4-5-6-7-8-10(2)16-11(14)12(3,15)9-13/h10,15H,4-9,13H2,1-3H3. The molecule has 4 nitrogen and oxygen atoms in total. The monoisotopic (exact) mass is 231 g/mol. The average Bonchev–Trinajstić information content (AvgIpc) is 2.24. The zero-order chi connectivity index (χ0) is 12.6. The van der Waals surface area contributed by atoms with Gasteiger partial charge in [0.2, 0.25) is 0 Å². The lowest BCUT2D eigenvalue weighted by atomic mass is 10.1. The third kappa shape index (κ3) is 6.08. The van der Waals surface area contributed by atoms with E-state index in [4.69, 9.17) is 10.5 Å². The van der Waals surface area contributed by atoms with Crippen molar-refractivity contribution >= 4 is 5.97 Å². The summed E-state index contributed by atoms with van der Waals surface area (Å²) in [5, 5.41) is 9.55. The molecule has 0 amide bonds. The van der Waals surface area contributed by atoms with E-state index >= 15 is 0 Å². The van der Waals surface area contributed by atoms with Gasteiger partial charge in [-0.1, -0.05) is 26.2 Å². The van der Waals surface area contributed by atoms with Crippen molar-refractivity contribution in [2.45, 2.75) is 64.6 Å². The van der Waals surface area contributed by atoms with Gasteiger partial charge in [-0.2, -0.15) is 0 Å². The fraction of sp³-hybridized carbons (Fsp3) is 0.917. The number of carbonyl (C=O) groups is 1. The summed E-state index contributed by atoms with van der Waals surface area (Å²) in [6.07, 6.45) is 5.30. The zero-order valence-electron chi connectivity index (χ0n) is 10.7. The van der Waals surface area contributed by atoms with Crippen LogP contribution in [0.1, 0.15) is 52.9 Å². The van der Waals surface area contributed by atoms with E-state index in [0.717, 1.165) is 19.3 Å². The molecular formula is C12H25NO3. The molecular weight excluding hydrogens is 206 g/mol. The fourth-order valence-corrected chi connectivity index (χ4v) is 1.31. The Hall–Kier alpha value is -0.610. The Balaban J connectivity index is 3.78. The van der Waals surface area contributed by atoms with Gasteiger partial charge < -0.3 is 15.6 Å². The van der Waals surface area contributed by atoms with Crippen LogP contribution in [-0.2, 0) is 9.53 Å². The van der Waals surface area contributed by atoms with Gasteiger partial charge >= 0.3 is 5.97 Å². The molecule has 16 heavy (non-hydrogen) atoms. The maximum atomic E-state index is 11.4. The molecule has 0 aromatic rings. The molecule has 96 valence electrons. The van der Waals surface area contributed by atoms with Crippen LogP contribution >= 0.6 is 0 Å². The van der Waals surface area contributed by atoms with Gasteiger partial charge in [0.25, 0.3) is 0 Å². The van der Waals surface area contributed by atoms with Crippen LogP contribution in [0, 0.1) is 0 Å². The van der Waals surface area contributed by atoms with E-state index in [2.05, 4.69) is 6.92 Å². The van der Waals surface area contributed by atoms with Crippen molar-refractivity contribution in [3.63, 3.8) is 0 Å². The number of rotatable bonds is 8. The van der Waals surface area contributed by atoms with Crippen molar-refractivity contribution in [3.05, 3.63) is 0 Å². The maximum absolute atomic E-state index is 11.4. The molecule has 0 radical (unpaired) electrons. The molecule has 0 bridgehead atoms. The quantitative estimate of drug-likeness (QED) is 0.491. The van der Waals surface area contributed by atoms with Crippen LogP contribution in [0.4, 0.5) is 0 Å². The van der Waals surface area contributed by atoms with Gasteiger partial charge in [0.15, 0.2) is 5.60 Å². The van der Waals surface area contributed by atoms with Crippen LogP contribution in [-0.4, -0.2) is 29.3 Å². The van der Waals surface area contributed by atoms with Crippen LogP contribution in [0.5, 0.6) is 0 Å². The molecule has 0 saturated carbocycles. The molecule has 0 aliphatic carbocycles. The SMILES string of the molecule is CCCCCCC(C)OC(=O)C(C)(O)CN. The number of hydrogen-bond donors (Lipinski definition) is 2. The van der Waals surface area contributed by atoms with Crippen molar-refractivity contribution in [3.8, 4) is 0 Å². The number of hydrogen-bond acceptors (Lipinski definition) is 4. The number of unbranched alkanes of at least 4 members (excludes halogenated alkanes) is 3. The largest absolute Gasteiger partial charge is 0.461 e. The van der Waals surface area contributed by atoms with Gasteiger partial charge in [0, 0.05) is 6.54 Å². The molecule has 2 atom stereocenters. The van der Waals surface area contributed by atoms with Gasteiger partial charge in [-0.15, -0.1) is 0 Å². The zero-order valence-corrected chi connectivity index (χ0v) is 10.7. The van der Waals surface area contributed by atoms with Crippen LogP contribution in [0.2, 0.25) is 0 Å². The lowest BCUT2D eigenvalue weighted by molar-refractivity contribution is -0.167. The maximum Gasteiger partial charge on any atom is 0.339 e. The Morgan fingerprint density at radius 1 is 1.44 bits per heavy atom. The van der Waals surface area contributed by atoms with Crippen LogP contribution in [0.15, 0.2) is 0 Å². The van der Waals surface area contributed by atoms with E-state index < -0.39 is 11.6 Å². The summed E-state index contributed by atoms with van der Waals surface area (Å²) in [5.41, 5.74) is 3.71. The predicted octanol–water partition coefficient (Wildman–Crippen LogP) is 1.60. The normalized spacial score (nSPS) is 16.6. The van der Waals surface area contributed by atoms with E-state index in [1.807, 2.05) is 6.92 Å². The van der Waals surface area contributed by atoms with Gasteiger partial charge in [-0.05, 0) is 26.7 Å². The lowest BCUT2D eigenvalue weighted by Crippen LogP contribution is -2.45. The minimum atomic E-state index is -1.56. The first-order valence-electron chi connectivity index (χ1n) is 6.07. The summed E-state index contributed by atoms with van der Waals surface area (Å²) < 4.78 is 5.12. The first kappa shape index (κ1) is 15.4. The van der Waals surface area contributed by atoms with Crippen molar-refractivity contribution in [2.24, 2.45) is 5.73 Å². The molecule has 0 heterocycles. The highest BCUT2D eigenvalue weighted by atomic mass is 16.6. The Kier molecular flexibility index (Phi) is 7.34. The molecule has 0 aromatic heterocycles. The Morgan fingerprint density at radius 2 is 2.06 bits per heavy atom. The third-order valence-electron chi connectivity index (χ3n) is 2.61. The van der Waals surface area contributed by atoms with E-state index in [0.29, 0.717) is 0 Å². The molecule has 0 saturated heterocycles. The molecule has 0 spiro atoms. The number of carbonyl (C=O) groups excluding carboxylic acids is 1. The molecule has 3 N–H and O–H groups in total. The molecule has 0 aromatic carbocycles. The molecule has 0 aliphatic heterocycles. The Bertz CT molecular complexity index is 204. The molecule has 0 aliphatic rings. The second-order valence-corrected chi connectivity index (χ2v) is 4.54. The van der Waals surface area contributed by atoms with Gasteiger partial charge in [-0.25, -0.2) is 4.79 Å². The van der Waals surface area contributed by atoms with E-state index in [1.165, 1.54) is 19.8 Å². The summed E-state index contributed by atoms with van der Waals surface area (Å²) in [4.78, 5) is 11.4. The Labute approximate surface area is 98.2 Å². The van der Waals surface area contributed by atoms with Gasteiger partial charge in [-0.3, -0.25) is 0 Å². The van der Waals surface area contributed by atoms with Crippen LogP contribution < -0.4 is 5.73 Å². The highest BCUT2D eigenvalue weighted by Gasteiger charge is 2.31. The highest BCUT2D eigenvalue weighted by molar-refractivity contribution is 5.79. The Morgan fingerprint density at radius 3 is 2.56 bits per heavy atom. The number of esters is 1. The molecule has 0 fully saturated rings. The first-order valence-corrected chi connectivity index (χ1v) is 6.07. The fourth-order valence-electron chi connectivity index (χ4n) is 1.31. The minimum absolute atomic E-state index is 0.117. The second-order valence-electron chi connectivity index (χ2n) is 4.54. The number of ether oxygens (including phenoxy) is 1. The number of nitrogens with two attached hydrogens (primary N) is 1. The van der Waals surface area contributed by atoms with Gasteiger partial charge in [0.1, 0.15) is 0 Å². The van der Waals surface area contributed by atoms with Crippen molar-refractivity contribution in [1.82, 2.24) is 0 Å². The molecule has 4 heteroatoms. The summed E-state index contributed by atoms with van der Waals surface area (Å²) in [7, 11) is 0. The minimum Gasteiger partial charge on any atom is -0.461 e. The van der Waals surface area contributed by atoms with Crippen LogP contribution in [0.25, 0.3) is 0 Å². The molecule has 2 unspecified atom stereocenters. The third-order valence-corrected chi connectivity index (χ3v) is 2.61. The van der Waals surface area contributed by atoms with Crippen molar-refractivity contribution in [2.75, 3.05) is 6.54 Å². The first-order chi connectivity index (χ1) is 7.44. The summed E-state index contributed by atoms with van der Waals surface area (Å²) in [5.74, 6) is -0.627. The van der Waals surface area contributed by atoms with Crippen molar-refractivity contribution < 1.29 is 14.6 Å². The smallest absolute Gasteiger partial charge is 0.339 e. The average molecular weight is 231 g/mol. The van der Waals surface area contributed by atoms with E-state index in [9.17, 15) is 9.90 Å². The molecule has 0 rings (SSSR count). The van der Waals surface area contributed by atoms with E-state index in [1.54, 1.807) is 0 Å². The number of aliphatic hydroxyl groups is 1. The van der Waals surface area contributed by atoms with Crippen molar-refractivity contribution in [1.29, 1.82) is 0 Å². The highest BCUT2D eigenvalue weighted by Crippen LogP contribution is 2.11. The lowest BCUT2D eigenvalue weighted by Gasteiger charge is -2.22. The van der Waals surface area contributed by atoms with E-state index in [-0.39, 0.29) is 12.6 Å². The van der Waals surface area contributed by atoms with Crippen LogP contribution in [0.3, 0.4) is 0 Å². The summed E-state index contributed by atoms with van der Waals surface area (Å²) in [6.45, 7) is 5.26. The summed E-state index contributed by atoms with van der Waals surface area (Å²) in [6, 6.07) is 0. The van der Waals surface area contributed by atoms with Gasteiger partial charge in [0.05, 0.1) is 6.10 Å². The topological polar surface area (TPSA) is 72.5 Å². The second kappa shape index (κ2) is 7.63. The predicted molar refractivity (Wildman–Crippen MR) is 64.0 cm³/mol.